The number of thiazole rings is 1. The van der Waals surface area contributed by atoms with Gasteiger partial charge in [-0.05, 0) is 19.1 Å². The molecule has 2 rings (SSSR count). The molecular formula is C12H15N5OS. The summed E-state index contributed by atoms with van der Waals surface area (Å²) in [5.74, 6) is 0.415. The Morgan fingerprint density at radius 1 is 1.37 bits per heavy atom. The van der Waals surface area contributed by atoms with Crippen molar-refractivity contribution in [2.45, 2.75) is 13.3 Å². The molecule has 0 radical (unpaired) electrons. The van der Waals surface area contributed by atoms with E-state index >= 15 is 0 Å². The topological polar surface area (TPSA) is 79.8 Å². The number of aromatic nitrogens is 3. The second-order valence-corrected chi connectivity index (χ2v) is 5.24. The van der Waals surface area contributed by atoms with Gasteiger partial charge in [0.05, 0.1) is 5.01 Å². The molecule has 0 saturated heterocycles. The largest absolute Gasteiger partial charge is 0.368 e. The van der Waals surface area contributed by atoms with Gasteiger partial charge >= 0.3 is 0 Å². The van der Waals surface area contributed by atoms with Crippen LogP contribution in [0, 0.1) is 6.92 Å². The third-order valence-corrected chi connectivity index (χ3v) is 3.41. The lowest BCUT2D eigenvalue weighted by Gasteiger charge is -2.04. The fourth-order valence-electron chi connectivity index (χ4n) is 1.49. The molecular weight excluding hydrogens is 262 g/mol. The number of amides is 1. The van der Waals surface area contributed by atoms with Crippen molar-refractivity contribution in [3.05, 3.63) is 33.9 Å². The van der Waals surface area contributed by atoms with E-state index < -0.39 is 0 Å². The van der Waals surface area contributed by atoms with E-state index in [1.807, 2.05) is 13.1 Å². The first-order valence-electron chi connectivity index (χ1n) is 5.90. The molecule has 100 valence electrons. The molecule has 7 heteroatoms. The third-order valence-electron chi connectivity index (χ3n) is 2.44. The van der Waals surface area contributed by atoms with Gasteiger partial charge in [0.15, 0.2) is 5.69 Å². The minimum Gasteiger partial charge on any atom is -0.368 e. The van der Waals surface area contributed by atoms with Gasteiger partial charge in [0, 0.05) is 31.1 Å². The van der Waals surface area contributed by atoms with Gasteiger partial charge in [0.1, 0.15) is 5.82 Å². The molecule has 19 heavy (non-hydrogen) atoms. The Hall–Kier alpha value is -2.02. The molecule has 1 amide bonds. The van der Waals surface area contributed by atoms with Gasteiger partial charge in [-0.3, -0.25) is 4.79 Å². The van der Waals surface area contributed by atoms with Crippen LogP contribution in [0.5, 0.6) is 0 Å². The molecule has 2 heterocycles. The van der Waals surface area contributed by atoms with E-state index in [0.717, 1.165) is 18.0 Å². The lowest BCUT2D eigenvalue weighted by atomic mass is 10.3. The van der Waals surface area contributed by atoms with Crippen molar-refractivity contribution < 1.29 is 4.79 Å². The van der Waals surface area contributed by atoms with Crippen molar-refractivity contribution in [2.24, 2.45) is 0 Å². The predicted octanol–water partition coefficient (Wildman–Crippen LogP) is 1.26. The highest BCUT2D eigenvalue weighted by Gasteiger charge is 2.05. The summed E-state index contributed by atoms with van der Waals surface area (Å²) in [6.07, 6.45) is 2.72. The van der Waals surface area contributed by atoms with Gasteiger partial charge in [0.2, 0.25) is 0 Å². The molecule has 0 unspecified atom stereocenters. The molecule has 2 N–H and O–H groups in total. The molecule has 0 atom stereocenters. The van der Waals surface area contributed by atoms with E-state index in [2.05, 4.69) is 25.8 Å². The maximum atomic E-state index is 11.3. The number of hydrogen-bond acceptors (Lipinski definition) is 6. The highest BCUT2D eigenvalue weighted by atomic mass is 32.1. The Morgan fingerprint density at radius 2 is 2.21 bits per heavy atom. The Bertz CT molecular complexity index is 552. The predicted molar refractivity (Wildman–Crippen MR) is 74.5 cm³/mol. The summed E-state index contributed by atoms with van der Waals surface area (Å²) >= 11 is 1.69. The van der Waals surface area contributed by atoms with Crippen LogP contribution in [0.2, 0.25) is 0 Å². The molecule has 2 aromatic heterocycles. The van der Waals surface area contributed by atoms with Gasteiger partial charge in [0.25, 0.3) is 5.91 Å². The van der Waals surface area contributed by atoms with Crippen molar-refractivity contribution >= 4 is 23.1 Å². The van der Waals surface area contributed by atoms with Gasteiger partial charge < -0.3 is 10.6 Å². The van der Waals surface area contributed by atoms with E-state index in [0.29, 0.717) is 11.5 Å². The number of nitrogens with zero attached hydrogens (tertiary/aromatic N) is 3. The maximum Gasteiger partial charge on any atom is 0.271 e. The SMILES string of the molecule is CNC(=O)c1ccc(NCCc2ncc(C)s2)nn1. The summed E-state index contributed by atoms with van der Waals surface area (Å²) < 4.78 is 0. The average Bonchev–Trinajstić information content (AvgIpc) is 2.84. The first-order chi connectivity index (χ1) is 9.19. The highest BCUT2D eigenvalue weighted by Crippen LogP contribution is 2.11. The number of aryl methyl sites for hydroxylation is 1. The molecule has 0 aromatic carbocycles. The Morgan fingerprint density at radius 3 is 2.79 bits per heavy atom. The number of nitrogens with one attached hydrogen (secondary N) is 2. The minimum atomic E-state index is -0.239. The monoisotopic (exact) mass is 277 g/mol. The number of rotatable bonds is 5. The van der Waals surface area contributed by atoms with Crippen LogP contribution in [0.3, 0.4) is 0 Å². The van der Waals surface area contributed by atoms with E-state index in [4.69, 9.17) is 0 Å². The second kappa shape index (κ2) is 6.24. The second-order valence-electron chi connectivity index (χ2n) is 3.92. The van der Waals surface area contributed by atoms with Crippen LogP contribution in [0.25, 0.3) is 0 Å². The highest BCUT2D eigenvalue weighted by molar-refractivity contribution is 7.11. The first kappa shape index (κ1) is 13.4. The van der Waals surface area contributed by atoms with Gasteiger partial charge in [-0.2, -0.15) is 0 Å². The van der Waals surface area contributed by atoms with Crippen LogP contribution in [-0.4, -0.2) is 34.7 Å². The number of hydrogen-bond donors (Lipinski definition) is 2. The van der Waals surface area contributed by atoms with E-state index in [1.165, 1.54) is 4.88 Å². The lowest BCUT2D eigenvalue weighted by Crippen LogP contribution is -2.19. The number of anilines is 1. The van der Waals surface area contributed by atoms with Crippen molar-refractivity contribution in [3.8, 4) is 0 Å². The van der Waals surface area contributed by atoms with Gasteiger partial charge in [-0.1, -0.05) is 0 Å². The zero-order valence-electron chi connectivity index (χ0n) is 10.8. The molecule has 0 aliphatic rings. The van der Waals surface area contributed by atoms with Crippen LogP contribution >= 0.6 is 11.3 Å². The number of carbonyl (C=O) groups excluding carboxylic acids is 1. The smallest absolute Gasteiger partial charge is 0.271 e. The third kappa shape index (κ3) is 3.72. The van der Waals surface area contributed by atoms with Gasteiger partial charge in [-0.25, -0.2) is 4.98 Å². The fraction of sp³-hybridized carbons (Fsp3) is 0.333. The van der Waals surface area contributed by atoms with Crippen molar-refractivity contribution in [1.82, 2.24) is 20.5 Å². The Balaban J connectivity index is 1.84. The number of carbonyl (C=O) groups is 1. The molecule has 0 aliphatic carbocycles. The summed E-state index contributed by atoms with van der Waals surface area (Å²) in [5.41, 5.74) is 0.309. The van der Waals surface area contributed by atoms with E-state index in [9.17, 15) is 4.79 Å². The zero-order valence-corrected chi connectivity index (χ0v) is 11.6. The molecule has 0 bridgehead atoms. The molecule has 0 aliphatic heterocycles. The van der Waals surface area contributed by atoms with Crippen LogP contribution in [-0.2, 0) is 6.42 Å². The summed E-state index contributed by atoms with van der Waals surface area (Å²) in [4.78, 5) is 16.8. The standard InChI is InChI=1S/C12H15N5OS/c1-8-7-15-11(19-8)5-6-14-10-4-3-9(16-17-10)12(18)13-2/h3-4,7H,5-6H2,1-2H3,(H,13,18)(H,14,17). The minimum absolute atomic E-state index is 0.239. The van der Waals surface area contributed by atoms with Crippen LogP contribution in [0.15, 0.2) is 18.3 Å². The molecule has 2 aromatic rings. The van der Waals surface area contributed by atoms with Crippen molar-refractivity contribution in [1.29, 1.82) is 0 Å². The Labute approximate surface area is 115 Å². The van der Waals surface area contributed by atoms with Crippen LogP contribution in [0.1, 0.15) is 20.4 Å². The van der Waals surface area contributed by atoms with E-state index in [-0.39, 0.29) is 5.91 Å². The molecule has 0 spiro atoms. The van der Waals surface area contributed by atoms with Crippen LogP contribution < -0.4 is 10.6 Å². The van der Waals surface area contributed by atoms with Gasteiger partial charge in [-0.15, -0.1) is 21.5 Å². The molecule has 6 nitrogen and oxygen atoms in total. The lowest BCUT2D eigenvalue weighted by molar-refractivity contribution is 0.0957. The van der Waals surface area contributed by atoms with Crippen molar-refractivity contribution in [3.63, 3.8) is 0 Å². The summed E-state index contributed by atoms with van der Waals surface area (Å²) in [6, 6.07) is 3.38. The van der Waals surface area contributed by atoms with Crippen LogP contribution in [0.4, 0.5) is 5.82 Å². The maximum absolute atomic E-state index is 11.3. The summed E-state index contributed by atoms with van der Waals surface area (Å²) in [6.45, 7) is 2.78. The van der Waals surface area contributed by atoms with Crippen molar-refractivity contribution in [2.75, 3.05) is 18.9 Å². The summed E-state index contributed by atoms with van der Waals surface area (Å²) in [7, 11) is 1.56. The quantitative estimate of drug-likeness (QED) is 0.860. The van der Waals surface area contributed by atoms with E-state index in [1.54, 1.807) is 30.5 Å². The normalized spacial score (nSPS) is 10.2. The summed E-state index contributed by atoms with van der Waals surface area (Å²) in [5, 5.41) is 14.5. The average molecular weight is 277 g/mol. The Kier molecular flexibility index (Phi) is 4.40. The fourth-order valence-corrected chi connectivity index (χ4v) is 2.28. The zero-order chi connectivity index (χ0) is 13.7. The molecule has 0 saturated carbocycles. The molecule has 0 fully saturated rings. The first-order valence-corrected chi connectivity index (χ1v) is 6.71.